The molecule has 3 N–H and O–H groups in total. The third-order valence-corrected chi connectivity index (χ3v) is 4.37. The van der Waals surface area contributed by atoms with Crippen molar-refractivity contribution in [2.45, 2.75) is 31.9 Å². The number of nitrogens with two attached hydrogens (primary N) is 1. The highest BCUT2D eigenvalue weighted by atomic mass is 16.5. The number of ether oxygens (including phenoxy) is 2. The van der Waals surface area contributed by atoms with E-state index in [0.29, 0.717) is 24.5 Å². The van der Waals surface area contributed by atoms with Gasteiger partial charge in [0.05, 0.1) is 25.4 Å². The van der Waals surface area contributed by atoms with Crippen molar-refractivity contribution in [1.29, 1.82) is 0 Å². The number of methoxy groups -OCH3 is 2. The van der Waals surface area contributed by atoms with Crippen LogP contribution >= 0.6 is 0 Å². The van der Waals surface area contributed by atoms with Crippen LogP contribution in [0, 0.1) is 6.92 Å². The van der Waals surface area contributed by atoms with Gasteiger partial charge in [0.25, 0.3) is 0 Å². The molecule has 1 amide bonds. The summed E-state index contributed by atoms with van der Waals surface area (Å²) in [5, 5.41) is 2.94. The van der Waals surface area contributed by atoms with Crippen molar-refractivity contribution in [3.63, 3.8) is 0 Å². The van der Waals surface area contributed by atoms with E-state index in [9.17, 15) is 4.79 Å². The SMILES string of the molecule is COc1ccc(C)cc1NC(=O)CN1CCC(OC)CC1CN. The van der Waals surface area contributed by atoms with Crippen molar-refractivity contribution < 1.29 is 14.3 Å². The van der Waals surface area contributed by atoms with Crippen LogP contribution in [0.1, 0.15) is 18.4 Å². The summed E-state index contributed by atoms with van der Waals surface area (Å²) >= 11 is 0. The second kappa shape index (κ2) is 8.29. The highest BCUT2D eigenvalue weighted by Gasteiger charge is 2.28. The number of anilines is 1. The predicted molar refractivity (Wildman–Crippen MR) is 90.8 cm³/mol. The highest BCUT2D eigenvalue weighted by Crippen LogP contribution is 2.25. The Morgan fingerprint density at radius 1 is 1.43 bits per heavy atom. The van der Waals surface area contributed by atoms with E-state index in [0.717, 1.165) is 24.9 Å². The van der Waals surface area contributed by atoms with Crippen LogP contribution in [0.4, 0.5) is 5.69 Å². The summed E-state index contributed by atoms with van der Waals surface area (Å²) in [5.74, 6) is 0.612. The smallest absolute Gasteiger partial charge is 0.238 e. The summed E-state index contributed by atoms with van der Waals surface area (Å²) in [5.41, 5.74) is 7.63. The molecule has 1 aromatic carbocycles. The van der Waals surface area contributed by atoms with E-state index in [-0.39, 0.29) is 18.1 Å². The van der Waals surface area contributed by atoms with E-state index in [2.05, 4.69) is 10.2 Å². The minimum atomic E-state index is -0.0526. The van der Waals surface area contributed by atoms with E-state index >= 15 is 0 Å². The number of carbonyl (C=O) groups excluding carboxylic acids is 1. The Balaban J connectivity index is 1.98. The maximum Gasteiger partial charge on any atom is 0.238 e. The molecule has 0 aliphatic carbocycles. The molecule has 128 valence electrons. The van der Waals surface area contributed by atoms with Gasteiger partial charge in [-0.15, -0.1) is 0 Å². The zero-order chi connectivity index (χ0) is 16.8. The number of aryl methyl sites for hydroxylation is 1. The molecule has 2 unspecified atom stereocenters. The lowest BCUT2D eigenvalue weighted by molar-refractivity contribution is -0.118. The molecule has 1 heterocycles. The molecule has 1 saturated heterocycles. The minimum Gasteiger partial charge on any atom is -0.495 e. The van der Waals surface area contributed by atoms with Crippen LogP contribution < -0.4 is 15.8 Å². The fourth-order valence-corrected chi connectivity index (χ4v) is 3.02. The highest BCUT2D eigenvalue weighted by molar-refractivity contribution is 5.93. The molecule has 0 radical (unpaired) electrons. The van der Waals surface area contributed by atoms with Crippen LogP contribution in [0.25, 0.3) is 0 Å². The number of piperidine rings is 1. The number of nitrogens with one attached hydrogen (secondary N) is 1. The van der Waals surface area contributed by atoms with Crippen molar-refractivity contribution in [3.8, 4) is 5.75 Å². The zero-order valence-electron chi connectivity index (χ0n) is 14.2. The van der Waals surface area contributed by atoms with Gasteiger partial charge in [-0.3, -0.25) is 9.69 Å². The lowest BCUT2D eigenvalue weighted by Gasteiger charge is -2.37. The molecule has 2 rings (SSSR count). The first-order valence-electron chi connectivity index (χ1n) is 7.98. The number of carbonyl (C=O) groups is 1. The summed E-state index contributed by atoms with van der Waals surface area (Å²) in [7, 11) is 3.32. The first-order chi connectivity index (χ1) is 11.1. The Morgan fingerprint density at radius 2 is 2.22 bits per heavy atom. The minimum absolute atomic E-state index is 0.0526. The lowest BCUT2D eigenvalue weighted by atomic mass is 9.99. The molecule has 0 aromatic heterocycles. The number of amides is 1. The van der Waals surface area contributed by atoms with Gasteiger partial charge in [-0.25, -0.2) is 0 Å². The van der Waals surface area contributed by atoms with Gasteiger partial charge in [0, 0.05) is 26.2 Å². The summed E-state index contributed by atoms with van der Waals surface area (Å²) < 4.78 is 10.7. The average molecular weight is 321 g/mol. The Kier molecular flexibility index (Phi) is 6.38. The Hall–Kier alpha value is -1.63. The number of benzene rings is 1. The van der Waals surface area contributed by atoms with Crippen LogP contribution in [0.15, 0.2) is 18.2 Å². The molecule has 1 fully saturated rings. The zero-order valence-corrected chi connectivity index (χ0v) is 14.2. The molecule has 2 atom stereocenters. The Labute approximate surface area is 137 Å². The fourth-order valence-electron chi connectivity index (χ4n) is 3.02. The normalized spacial score (nSPS) is 21.9. The summed E-state index contributed by atoms with van der Waals surface area (Å²) in [4.78, 5) is 14.5. The van der Waals surface area contributed by atoms with Gasteiger partial charge < -0.3 is 20.5 Å². The van der Waals surface area contributed by atoms with Gasteiger partial charge in [-0.05, 0) is 37.5 Å². The van der Waals surface area contributed by atoms with E-state index < -0.39 is 0 Å². The first kappa shape index (κ1) is 17.7. The summed E-state index contributed by atoms with van der Waals surface area (Å²) in [6.45, 7) is 3.66. The predicted octanol–water partition coefficient (Wildman–Crippen LogP) is 1.38. The third-order valence-electron chi connectivity index (χ3n) is 4.37. The largest absolute Gasteiger partial charge is 0.495 e. The quantitative estimate of drug-likeness (QED) is 0.828. The summed E-state index contributed by atoms with van der Waals surface area (Å²) in [6.07, 6.45) is 2.03. The van der Waals surface area contributed by atoms with Crippen LogP contribution in [-0.4, -0.2) is 56.8 Å². The van der Waals surface area contributed by atoms with Gasteiger partial charge in [0.2, 0.25) is 5.91 Å². The first-order valence-corrected chi connectivity index (χ1v) is 7.98. The van der Waals surface area contributed by atoms with Crippen LogP contribution in [-0.2, 0) is 9.53 Å². The third kappa shape index (κ3) is 4.67. The number of rotatable bonds is 6. The molecule has 0 spiro atoms. The molecule has 23 heavy (non-hydrogen) atoms. The van der Waals surface area contributed by atoms with Crippen LogP contribution in [0.5, 0.6) is 5.75 Å². The monoisotopic (exact) mass is 321 g/mol. The van der Waals surface area contributed by atoms with Crippen LogP contribution in [0.3, 0.4) is 0 Å². The van der Waals surface area contributed by atoms with Crippen molar-refractivity contribution in [3.05, 3.63) is 23.8 Å². The number of hydrogen-bond donors (Lipinski definition) is 2. The molecular formula is C17H27N3O3. The maximum absolute atomic E-state index is 12.4. The molecule has 1 aliphatic heterocycles. The van der Waals surface area contributed by atoms with E-state index in [4.69, 9.17) is 15.2 Å². The molecule has 1 aliphatic rings. The van der Waals surface area contributed by atoms with Gasteiger partial charge in [-0.2, -0.15) is 0 Å². The van der Waals surface area contributed by atoms with Gasteiger partial charge in [-0.1, -0.05) is 6.07 Å². The summed E-state index contributed by atoms with van der Waals surface area (Å²) in [6, 6.07) is 5.90. The number of hydrogen-bond acceptors (Lipinski definition) is 5. The van der Waals surface area contributed by atoms with Crippen molar-refractivity contribution in [2.75, 3.05) is 39.2 Å². The Bertz CT molecular complexity index is 536. The Morgan fingerprint density at radius 3 is 2.87 bits per heavy atom. The maximum atomic E-state index is 12.4. The number of likely N-dealkylation sites (tertiary alicyclic amines) is 1. The molecular weight excluding hydrogens is 294 g/mol. The second-order valence-corrected chi connectivity index (χ2v) is 5.99. The van der Waals surface area contributed by atoms with E-state index in [1.165, 1.54) is 0 Å². The number of nitrogens with zero attached hydrogens (tertiary/aromatic N) is 1. The molecule has 0 bridgehead atoms. The van der Waals surface area contributed by atoms with Crippen LogP contribution in [0.2, 0.25) is 0 Å². The standard InChI is InChI=1S/C17H27N3O3/c1-12-4-5-16(23-3)15(8-12)19-17(21)11-20-7-6-14(22-2)9-13(20)10-18/h4-5,8,13-14H,6-7,9-11,18H2,1-3H3,(H,19,21). The van der Waals surface area contributed by atoms with Crippen molar-refractivity contribution in [1.82, 2.24) is 4.90 Å². The topological polar surface area (TPSA) is 76.8 Å². The van der Waals surface area contributed by atoms with Gasteiger partial charge in [0.1, 0.15) is 5.75 Å². The average Bonchev–Trinajstić information content (AvgIpc) is 2.55. The van der Waals surface area contributed by atoms with E-state index in [1.807, 2.05) is 25.1 Å². The van der Waals surface area contributed by atoms with E-state index in [1.54, 1.807) is 14.2 Å². The van der Waals surface area contributed by atoms with Crippen molar-refractivity contribution in [2.24, 2.45) is 5.73 Å². The van der Waals surface area contributed by atoms with Crippen molar-refractivity contribution >= 4 is 11.6 Å². The fraction of sp³-hybridized carbons (Fsp3) is 0.588. The molecule has 6 heteroatoms. The second-order valence-electron chi connectivity index (χ2n) is 5.99. The lowest BCUT2D eigenvalue weighted by Crippen LogP contribution is -2.50. The molecule has 0 saturated carbocycles. The van der Waals surface area contributed by atoms with Gasteiger partial charge >= 0.3 is 0 Å². The molecule has 6 nitrogen and oxygen atoms in total. The van der Waals surface area contributed by atoms with Gasteiger partial charge in [0.15, 0.2) is 0 Å². The molecule has 1 aromatic rings.